The van der Waals surface area contributed by atoms with Gasteiger partial charge >= 0.3 is 11.9 Å². The second kappa shape index (κ2) is 7.27. The van der Waals surface area contributed by atoms with Crippen molar-refractivity contribution in [3.63, 3.8) is 0 Å². The molecule has 2 unspecified atom stereocenters. The summed E-state index contributed by atoms with van der Waals surface area (Å²) in [7, 11) is 0. The van der Waals surface area contributed by atoms with E-state index in [1.165, 1.54) is 11.1 Å². The molecule has 3 heteroatoms. The number of esters is 2. The van der Waals surface area contributed by atoms with Crippen molar-refractivity contribution in [1.82, 2.24) is 0 Å². The van der Waals surface area contributed by atoms with Gasteiger partial charge < -0.3 is 4.74 Å². The minimum Gasteiger partial charge on any atom is -0.393 e. The van der Waals surface area contributed by atoms with Crippen molar-refractivity contribution in [2.24, 2.45) is 11.8 Å². The van der Waals surface area contributed by atoms with E-state index in [-0.39, 0.29) is 24.2 Å². The van der Waals surface area contributed by atoms with Gasteiger partial charge in [-0.15, -0.1) is 0 Å². The maximum atomic E-state index is 11.5. The summed E-state index contributed by atoms with van der Waals surface area (Å²) in [4.78, 5) is 22.5. The van der Waals surface area contributed by atoms with E-state index in [2.05, 4.69) is 37.7 Å². The first-order valence-corrected chi connectivity index (χ1v) is 7.01. The summed E-state index contributed by atoms with van der Waals surface area (Å²) < 4.78 is 4.59. The van der Waals surface area contributed by atoms with Crippen LogP contribution in [0.15, 0.2) is 23.3 Å². The lowest BCUT2D eigenvalue weighted by atomic mass is 9.90. The first kappa shape index (κ1) is 15.7. The molecule has 19 heavy (non-hydrogen) atoms. The summed E-state index contributed by atoms with van der Waals surface area (Å²) in [5.41, 5.74) is 2.67. The van der Waals surface area contributed by atoms with Gasteiger partial charge in [-0.3, -0.25) is 9.59 Å². The van der Waals surface area contributed by atoms with Crippen LogP contribution in [0.2, 0.25) is 0 Å². The van der Waals surface area contributed by atoms with Crippen LogP contribution in [0.3, 0.4) is 0 Å². The first-order valence-electron chi connectivity index (χ1n) is 7.01. The van der Waals surface area contributed by atoms with Crippen molar-refractivity contribution in [3.8, 4) is 0 Å². The Morgan fingerprint density at radius 2 is 2.05 bits per heavy atom. The van der Waals surface area contributed by atoms with E-state index < -0.39 is 5.97 Å². The molecule has 0 saturated carbocycles. The van der Waals surface area contributed by atoms with Crippen molar-refractivity contribution in [2.45, 2.75) is 53.4 Å². The van der Waals surface area contributed by atoms with E-state index in [0.29, 0.717) is 0 Å². The SMILES string of the molecule is CCC(C)=CCCC(C)=CC(C)C1CC(=O)OC1=O. The summed E-state index contributed by atoms with van der Waals surface area (Å²) in [6, 6.07) is 0. The molecule has 106 valence electrons. The number of cyclic esters (lactones) is 2. The van der Waals surface area contributed by atoms with Gasteiger partial charge in [0.05, 0.1) is 12.3 Å². The highest BCUT2D eigenvalue weighted by atomic mass is 16.6. The van der Waals surface area contributed by atoms with Crippen LogP contribution >= 0.6 is 0 Å². The first-order chi connectivity index (χ1) is 8.93. The minimum atomic E-state index is -0.394. The Kier molecular flexibility index (Phi) is 6.00. The highest BCUT2D eigenvalue weighted by Gasteiger charge is 2.36. The van der Waals surface area contributed by atoms with Crippen LogP contribution in [0.25, 0.3) is 0 Å². The van der Waals surface area contributed by atoms with Crippen molar-refractivity contribution >= 4 is 11.9 Å². The van der Waals surface area contributed by atoms with Gasteiger partial charge in [0, 0.05) is 0 Å². The van der Waals surface area contributed by atoms with Crippen molar-refractivity contribution in [1.29, 1.82) is 0 Å². The van der Waals surface area contributed by atoms with Crippen molar-refractivity contribution in [3.05, 3.63) is 23.3 Å². The van der Waals surface area contributed by atoms with E-state index in [0.717, 1.165) is 19.3 Å². The third kappa shape index (κ3) is 5.01. The monoisotopic (exact) mass is 264 g/mol. The lowest BCUT2D eigenvalue weighted by molar-refractivity contribution is -0.153. The predicted octanol–water partition coefficient (Wildman–Crippen LogP) is 3.80. The number of carbonyl (C=O) groups excluding carboxylic acids is 2. The van der Waals surface area contributed by atoms with Gasteiger partial charge in [-0.05, 0) is 39.0 Å². The van der Waals surface area contributed by atoms with Gasteiger partial charge in [0.15, 0.2) is 0 Å². The molecule has 0 aliphatic carbocycles. The topological polar surface area (TPSA) is 43.4 Å². The zero-order valence-corrected chi connectivity index (χ0v) is 12.4. The second-order valence-electron chi connectivity index (χ2n) is 5.42. The molecular formula is C16H24O3. The molecule has 0 aromatic heterocycles. The normalized spacial score (nSPS) is 22.6. The van der Waals surface area contributed by atoms with Crippen LogP contribution < -0.4 is 0 Å². The average molecular weight is 264 g/mol. The summed E-state index contributed by atoms with van der Waals surface area (Å²) in [6.07, 6.45) is 7.70. The Morgan fingerprint density at radius 3 is 2.58 bits per heavy atom. The molecule has 0 radical (unpaired) electrons. The van der Waals surface area contributed by atoms with Crippen LogP contribution in [-0.2, 0) is 14.3 Å². The summed E-state index contributed by atoms with van der Waals surface area (Å²) in [5.74, 6) is -0.997. The van der Waals surface area contributed by atoms with Gasteiger partial charge in [0.25, 0.3) is 0 Å². The van der Waals surface area contributed by atoms with E-state index in [9.17, 15) is 9.59 Å². The molecular weight excluding hydrogens is 240 g/mol. The molecule has 1 aliphatic heterocycles. The standard InChI is InChI=1S/C16H24O3/c1-5-11(2)7-6-8-12(3)9-13(4)14-10-15(17)19-16(14)18/h7,9,13-14H,5-6,8,10H2,1-4H3. The van der Waals surface area contributed by atoms with Crippen LogP contribution in [0.1, 0.15) is 53.4 Å². The van der Waals surface area contributed by atoms with E-state index in [1.807, 2.05) is 6.92 Å². The van der Waals surface area contributed by atoms with E-state index in [1.54, 1.807) is 0 Å². The van der Waals surface area contributed by atoms with Gasteiger partial charge in [-0.2, -0.15) is 0 Å². The van der Waals surface area contributed by atoms with E-state index in [4.69, 9.17) is 0 Å². The van der Waals surface area contributed by atoms with Gasteiger partial charge in [-0.1, -0.05) is 37.1 Å². The summed E-state index contributed by atoms with van der Waals surface area (Å²) in [6.45, 7) is 8.34. The maximum absolute atomic E-state index is 11.5. The molecule has 0 bridgehead atoms. The fourth-order valence-electron chi connectivity index (χ4n) is 2.23. The third-order valence-electron chi connectivity index (χ3n) is 3.67. The highest BCUT2D eigenvalue weighted by Crippen LogP contribution is 2.26. The predicted molar refractivity (Wildman–Crippen MR) is 75.4 cm³/mol. The number of ether oxygens (including phenoxy) is 1. The lowest BCUT2D eigenvalue weighted by Crippen LogP contribution is -2.15. The molecule has 0 spiro atoms. The van der Waals surface area contributed by atoms with Gasteiger partial charge in [0.2, 0.25) is 0 Å². The van der Waals surface area contributed by atoms with E-state index >= 15 is 0 Å². The molecule has 1 aliphatic rings. The van der Waals surface area contributed by atoms with Crippen LogP contribution in [-0.4, -0.2) is 11.9 Å². The summed E-state index contributed by atoms with van der Waals surface area (Å²) in [5, 5.41) is 0. The fraction of sp³-hybridized carbons (Fsp3) is 0.625. The van der Waals surface area contributed by atoms with Crippen molar-refractivity contribution < 1.29 is 14.3 Å². The molecule has 0 aromatic carbocycles. The molecule has 1 heterocycles. The molecule has 1 saturated heterocycles. The molecule has 0 N–H and O–H groups in total. The average Bonchev–Trinajstić information content (AvgIpc) is 2.68. The number of hydrogen-bond donors (Lipinski definition) is 0. The zero-order chi connectivity index (χ0) is 14.4. The minimum absolute atomic E-state index is 0.0650. The second-order valence-corrected chi connectivity index (χ2v) is 5.42. The number of hydrogen-bond acceptors (Lipinski definition) is 3. The summed E-state index contributed by atoms with van der Waals surface area (Å²) >= 11 is 0. The number of carbonyl (C=O) groups is 2. The smallest absolute Gasteiger partial charge is 0.317 e. The quantitative estimate of drug-likeness (QED) is 0.416. The molecule has 0 amide bonds. The lowest BCUT2D eigenvalue weighted by Gasteiger charge is -2.11. The van der Waals surface area contributed by atoms with Crippen molar-refractivity contribution in [2.75, 3.05) is 0 Å². The number of rotatable bonds is 6. The molecule has 1 fully saturated rings. The van der Waals surface area contributed by atoms with Crippen LogP contribution in [0.4, 0.5) is 0 Å². The molecule has 2 atom stereocenters. The van der Waals surface area contributed by atoms with Crippen LogP contribution in [0.5, 0.6) is 0 Å². The Labute approximate surface area is 115 Å². The van der Waals surface area contributed by atoms with Crippen LogP contribution in [0, 0.1) is 11.8 Å². The largest absolute Gasteiger partial charge is 0.393 e. The molecule has 1 rings (SSSR count). The van der Waals surface area contributed by atoms with Gasteiger partial charge in [-0.25, -0.2) is 0 Å². The van der Waals surface area contributed by atoms with Gasteiger partial charge in [0.1, 0.15) is 0 Å². The third-order valence-corrected chi connectivity index (χ3v) is 3.67. The fourth-order valence-corrected chi connectivity index (χ4v) is 2.23. The molecule has 0 aromatic rings. The number of allylic oxidation sites excluding steroid dienone is 4. The zero-order valence-electron chi connectivity index (χ0n) is 12.4. The Balaban J connectivity index is 2.49. The Bertz CT molecular complexity index is 404. The Morgan fingerprint density at radius 1 is 1.37 bits per heavy atom. The Hall–Kier alpha value is -1.38. The maximum Gasteiger partial charge on any atom is 0.317 e. The molecule has 3 nitrogen and oxygen atoms in total. The highest BCUT2D eigenvalue weighted by molar-refractivity contribution is 5.94.